The van der Waals surface area contributed by atoms with Crippen LogP contribution in [-0.4, -0.2) is 42.8 Å². The van der Waals surface area contributed by atoms with Crippen LogP contribution in [0.2, 0.25) is 0 Å². The fourth-order valence-electron chi connectivity index (χ4n) is 3.38. The smallest absolute Gasteiger partial charge is 0.267 e. The van der Waals surface area contributed by atoms with Gasteiger partial charge in [0.05, 0.1) is 19.3 Å². The first kappa shape index (κ1) is 27.4. The first-order chi connectivity index (χ1) is 17.9. The first-order valence-electron chi connectivity index (χ1n) is 12.0. The summed E-state index contributed by atoms with van der Waals surface area (Å²) in [5.41, 5.74) is 1.60. The van der Waals surface area contributed by atoms with Crippen LogP contribution in [-0.2, 0) is 11.2 Å². The maximum atomic E-state index is 13.7. The van der Waals surface area contributed by atoms with E-state index in [0.29, 0.717) is 34.6 Å². The number of carbonyl (C=O) groups is 2. The van der Waals surface area contributed by atoms with E-state index in [9.17, 15) is 14.0 Å². The molecule has 3 N–H and O–H groups in total. The lowest BCUT2D eigenvalue weighted by Gasteiger charge is -2.12. The molecule has 2 amide bonds. The van der Waals surface area contributed by atoms with E-state index >= 15 is 0 Å². The summed E-state index contributed by atoms with van der Waals surface area (Å²) in [6.45, 7) is 3.96. The van der Waals surface area contributed by atoms with Crippen LogP contribution in [0.4, 0.5) is 4.39 Å². The van der Waals surface area contributed by atoms with Crippen molar-refractivity contribution in [1.82, 2.24) is 10.6 Å². The summed E-state index contributed by atoms with van der Waals surface area (Å²) in [5.74, 6) is -0.0577. The van der Waals surface area contributed by atoms with E-state index in [1.54, 1.807) is 72.8 Å². The van der Waals surface area contributed by atoms with E-state index in [1.165, 1.54) is 6.07 Å². The molecule has 3 rings (SSSR count). The first-order valence-corrected chi connectivity index (χ1v) is 12.0. The van der Waals surface area contributed by atoms with E-state index in [0.717, 1.165) is 0 Å². The van der Waals surface area contributed by atoms with Gasteiger partial charge in [0.1, 0.15) is 23.0 Å². The molecule has 0 radical (unpaired) electrons. The zero-order chi connectivity index (χ0) is 26.6. The molecule has 0 heterocycles. The molecule has 194 valence electrons. The van der Waals surface area contributed by atoms with Crippen molar-refractivity contribution in [1.29, 1.82) is 0 Å². The van der Waals surface area contributed by atoms with Crippen LogP contribution in [0.15, 0.2) is 78.5 Å². The molecule has 3 aromatic carbocycles. The number of hydrogen-bond donors (Lipinski definition) is 3. The molecule has 0 saturated heterocycles. The average Bonchev–Trinajstić information content (AvgIpc) is 2.89. The van der Waals surface area contributed by atoms with Gasteiger partial charge in [0.15, 0.2) is 0 Å². The summed E-state index contributed by atoms with van der Waals surface area (Å²) in [5, 5.41) is 14.2. The monoisotopic (exact) mass is 506 g/mol. The zero-order valence-corrected chi connectivity index (χ0v) is 20.9. The van der Waals surface area contributed by atoms with Crippen molar-refractivity contribution in [3.05, 3.63) is 101 Å². The largest absolute Gasteiger partial charge is 0.493 e. The van der Waals surface area contributed by atoms with Crippen molar-refractivity contribution in [2.24, 2.45) is 0 Å². The third-order valence-corrected chi connectivity index (χ3v) is 5.17. The second-order valence-corrected chi connectivity index (χ2v) is 8.44. The molecule has 0 aliphatic heterocycles. The third-order valence-electron chi connectivity index (χ3n) is 5.17. The highest BCUT2D eigenvalue weighted by molar-refractivity contribution is 6.05. The predicted octanol–water partition coefficient (Wildman–Crippen LogP) is 4.11. The van der Waals surface area contributed by atoms with Crippen LogP contribution in [0.25, 0.3) is 6.08 Å². The Morgan fingerprint density at radius 1 is 0.973 bits per heavy atom. The maximum absolute atomic E-state index is 13.7. The summed E-state index contributed by atoms with van der Waals surface area (Å²) in [6, 6.07) is 20.1. The molecule has 0 aliphatic carbocycles. The second-order valence-electron chi connectivity index (χ2n) is 8.44. The van der Waals surface area contributed by atoms with Crippen LogP contribution in [0.5, 0.6) is 11.5 Å². The number of hydrogen-bond acceptors (Lipinski definition) is 5. The van der Waals surface area contributed by atoms with Crippen molar-refractivity contribution in [3.8, 4) is 11.5 Å². The standard InChI is InChI=1S/C29H31FN2O5/c1-20(2)37-25-11-7-21(8-12-25)19-27(29(35)31-16-17-33)32-28(34)23-9-13-24(14-10-23)36-18-15-22-5-3-4-6-26(22)30/h3-14,19-20,33H,15-18H2,1-2H3,(H,31,35)(H,32,34)/b27-19-. The third kappa shape index (κ3) is 8.77. The second kappa shape index (κ2) is 13.8. The van der Waals surface area contributed by atoms with Gasteiger partial charge in [-0.05, 0) is 73.5 Å². The Morgan fingerprint density at radius 2 is 1.65 bits per heavy atom. The summed E-state index contributed by atoms with van der Waals surface area (Å²) in [6.07, 6.45) is 1.99. The van der Waals surface area contributed by atoms with Crippen LogP contribution >= 0.6 is 0 Å². The molecule has 0 aliphatic rings. The molecule has 0 atom stereocenters. The number of halogens is 1. The molecular weight excluding hydrogens is 475 g/mol. The van der Waals surface area contributed by atoms with E-state index < -0.39 is 11.8 Å². The summed E-state index contributed by atoms with van der Waals surface area (Å²) < 4.78 is 25.0. The predicted molar refractivity (Wildman–Crippen MR) is 140 cm³/mol. The van der Waals surface area contributed by atoms with Gasteiger partial charge < -0.3 is 25.2 Å². The van der Waals surface area contributed by atoms with Crippen LogP contribution in [0.1, 0.15) is 35.3 Å². The Hall–Kier alpha value is -4.17. The topological polar surface area (TPSA) is 96.9 Å². The van der Waals surface area contributed by atoms with Gasteiger partial charge in [0, 0.05) is 18.5 Å². The lowest BCUT2D eigenvalue weighted by molar-refractivity contribution is -0.117. The maximum Gasteiger partial charge on any atom is 0.267 e. The molecule has 3 aromatic rings. The highest BCUT2D eigenvalue weighted by atomic mass is 19.1. The summed E-state index contributed by atoms with van der Waals surface area (Å²) in [7, 11) is 0. The number of aliphatic hydroxyl groups is 1. The quantitative estimate of drug-likeness (QED) is 0.321. The number of amides is 2. The Bertz CT molecular complexity index is 1210. The molecule has 0 fully saturated rings. The lowest BCUT2D eigenvalue weighted by Crippen LogP contribution is -2.36. The molecular formula is C29H31FN2O5. The van der Waals surface area contributed by atoms with E-state index in [2.05, 4.69) is 10.6 Å². The minimum Gasteiger partial charge on any atom is -0.493 e. The molecule has 0 bridgehead atoms. The van der Waals surface area contributed by atoms with Crippen molar-refractivity contribution in [2.45, 2.75) is 26.4 Å². The Kier molecular flexibility index (Phi) is 10.2. The summed E-state index contributed by atoms with van der Waals surface area (Å²) >= 11 is 0. The minimum absolute atomic E-state index is 0.0289. The van der Waals surface area contributed by atoms with Crippen LogP contribution in [0, 0.1) is 5.82 Å². The molecule has 0 spiro atoms. The van der Waals surface area contributed by atoms with Gasteiger partial charge in [0.2, 0.25) is 0 Å². The number of carbonyl (C=O) groups excluding carboxylic acids is 2. The molecule has 8 heteroatoms. The highest BCUT2D eigenvalue weighted by Gasteiger charge is 2.15. The van der Waals surface area contributed by atoms with Crippen molar-refractivity contribution in [3.63, 3.8) is 0 Å². The molecule has 0 saturated carbocycles. The number of aliphatic hydroxyl groups excluding tert-OH is 1. The van der Waals surface area contributed by atoms with Gasteiger partial charge in [-0.3, -0.25) is 9.59 Å². The molecule has 0 aromatic heterocycles. The van der Waals surface area contributed by atoms with E-state index in [-0.39, 0.29) is 37.4 Å². The van der Waals surface area contributed by atoms with Crippen LogP contribution < -0.4 is 20.1 Å². The van der Waals surface area contributed by atoms with Gasteiger partial charge in [-0.15, -0.1) is 0 Å². The van der Waals surface area contributed by atoms with Gasteiger partial charge in [0.25, 0.3) is 11.8 Å². The van der Waals surface area contributed by atoms with E-state index in [1.807, 2.05) is 13.8 Å². The molecule has 7 nitrogen and oxygen atoms in total. The number of rotatable bonds is 12. The van der Waals surface area contributed by atoms with Crippen molar-refractivity contribution in [2.75, 3.05) is 19.8 Å². The zero-order valence-electron chi connectivity index (χ0n) is 20.9. The van der Waals surface area contributed by atoms with Crippen molar-refractivity contribution >= 4 is 17.9 Å². The van der Waals surface area contributed by atoms with Gasteiger partial charge >= 0.3 is 0 Å². The number of ether oxygens (including phenoxy) is 2. The average molecular weight is 507 g/mol. The van der Waals surface area contributed by atoms with E-state index in [4.69, 9.17) is 14.6 Å². The fraction of sp³-hybridized carbons (Fsp3) is 0.241. The van der Waals surface area contributed by atoms with Crippen molar-refractivity contribution < 1.29 is 28.6 Å². The SMILES string of the molecule is CC(C)Oc1ccc(/C=C(\NC(=O)c2ccc(OCCc3ccccc3F)cc2)C(=O)NCCO)cc1. The Labute approximate surface area is 215 Å². The lowest BCUT2D eigenvalue weighted by atomic mass is 10.1. The summed E-state index contributed by atoms with van der Waals surface area (Å²) in [4.78, 5) is 25.5. The van der Waals surface area contributed by atoms with Gasteiger partial charge in [-0.1, -0.05) is 30.3 Å². The normalized spacial score (nSPS) is 11.2. The number of benzene rings is 3. The molecule has 37 heavy (non-hydrogen) atoms. The van der Waals surface area contributed by atoms with Crippen LogP contribution in [0.3, 0.4) is 0 Å². The van der Waals surface area contributed by atoms with Gasteiger partial charge in [-0.2, -0.15) is 0 Å². The van der Waals surface area contributed by atoms with Gasteiger partial charge in [-0.25, -0.2) is 4.39 Å². The highest BCUT2D eigenvalue weighted by Crippen LogP contribution is 2.17. The minimum atomic E-state index is -0.530. The molecule has 0 unspecified atom stereocenters. The Balaban J connectivity index is 1.65. The Morgan fingerprint density at radius 3 is 2.30 bits per heavy atom. The fourth-order valence-corrected chi connectivity index (χ4v) is 3.38. The number of nitrogens with one attached hydrogen (secondary N) is 2.